The molecule has 1 aliphatic heterocycles. The van der Waals surface area contributed by atoms with Crippen molar-refractivity contribution >= 4 is 5.91 Å². The van der Waals surface area contributed by atoms with Crippen LogP contribution in [0.3, 0.4) is 0 Å². The Morgan fingerprint density at radius 1 is 1.33 bits per heavy atom. The zero-order valence-electron chi connectivity index (χ0n) is 10.8. The van der Waals surface area contributed by atoms with E-state index < -0.39 is 5.41 Å². The largest absolute Gasteiger partial charge is 0.379 e. The molecular weight excluding hydrogens is 230 g/mol. The van der Waals surface area contributed by atoms with Gasteiger partial charge in [-0.25, -0.2) is 0 Å². The van der Waals surface area contributed by atoms with Gasteiger partial charge in [-0.15, -0.1) is 0 Å². The standard InChI is InChI=1S/C13H21N3O2/c14-11-13(3-1-2-4-13)12(17)15-5-6-16-7-9-18-10-8-16/h1-10H2,(H,15,17). The molecule has 0 aromatic heterocycles. The summed E-state index contributed by atoms with van der Waals surface area (Å²) in [5.74, 6) is -0.0734. The Morgan fingerprint density at radius 2 is 2.00 bits per heavy atom. The van der Waals surface area contributed by atoms with Crippen molar-refractivity contribution in [2.45, 2.75) is 25.7 Å². The third-order valence-corrected chi connectivity index (χ3v) is 3.92. The number of hydrogen-bond donors (Lipinski definition) is 1. The highest BCUT2D eigenvalue weighted by Gasteiger charge is 2.41. The van der Waals surface area contributed by atoms with Crippen LogP contribution >= 0.6 is 0 Å². The number of nitrogens with zero attached hydrogens (tertiary/aromatic N) is 2. The van der Waals surface area contributed by atoms with Gasteiger partial charge in [0, 0.05) is 26.2 Å². The first-order valence-electron chi connectivity index (χ1n) is 6.76. The summed E-state index contributed by atoms with van der Waals surface area (Å²) >= 11 is 0. The number of hydrogen-bond acceptors (Lipinski definition) is 4. The molecule has 1 heterocycles. The molecule has 1 aliphatic carbocycles. The van der Waals surface area contributed by atoms with Crippen LogP contribution in [0.25, 0.3) is 0 Å². The van der Waals surface area contributed by atoms with Crippen LogP contribution in [0, 0.1) is 16.7 Å². The highest BCUT2D eigenvalue weighted by Crippen LogP contribution is 2.37. The number of amides is 1. The maximum Gasteiger partial charge on any atom is 0.240 e. The van der Waals surface area contributed by atoms with Crippen LogP contribution in [-0.2, 0) is 9.53 Å². The van der Waals surface area contributed by atoms with Crippen molar-refractivity contribution in [2.75, 3.05) is 39.4 Å². The molecular formula is C13H21N3O2. The SMILES string of the molecule is N#CC1(C(=O)NCCN2CCOCC2)CCCC1. The summed E-state index contributed by atoms with van der Waals surface area (Å²) in [5, 5.41) is 12.1. The summed E-state index contributed by atoms with van der Waals surface area (Å²) in [6, 6.07) is 2.22. The van der Waals surface area contributed by atoms with Crippen LogP contribution in [-0.4, -0.2) is 50.2 Å². The number of rotatable bonds is 4. The fourth-order valence-corrected chi connectivity index (χ4v) is 2.69. The predicted molar refractivity (Wildman–Crippen MR) is 66.8 cm³/mol. The van der Waals surface area contributed by atoms with E-state index in [0.29, 0.717) is 19.4 Å². The second-order valence-electron chi connectivity index (χ2n) is 5.11. The van der Waals surface area contributed by atoms with Gasteiger partial charge in [-0.2, -0.15) is 5.26 Å². The number of ether oxygens (including phenoxy) is 1. The molecule has 5 nitrogen and oxygen atoms in total. The quantitative estimate of drug-likeness (QED) is 0.791. The lowest BCUT2D eigenvalue weighted by atomic mass is 9.87. The van der Waals surface area contributed by atoms with Crippen molar-refractivity contribution in [3.05, 3.63) is 0 Å². The highest BCUT2D eigenvalue weighted by atomic mass is 16.5. The predicted octanol–water partition coefficient (Wildman–Crippen LogP) is 0.519. The lowest BCUT2D eigenvalue weighted by Crippen LogP contribution is -2.44. The van der Waals surface area contributed by atoms with Crippen molar-refractivity contribution in [3.63, 3.8) is 0 Å². The van der Waals surface area contributed by atoms with E-state index in [2.05, 4.69) is 16.3 Å². The number of morpholine rings is 1. The van der Waals surface area contributed by atoms with Crippen molar-refractivity contribution in [3.8, 4) is 6.07 Å². The Kier molecular flexibility index (Phi) is 4.56. The Balaban J connectivity index is 1.72. The van der Waals surface area contributed by atoms with E-state index in [1.165, 1.54) is 0 Å². The van der Waals surface area contributed by atoms with E-state index in [4.69, 9.17) is 4.74 Å². The molecule has 0 aromatic carbocycles. The molecule has 1 saturated heterocycles. The van der Waals surface area contributed by atoms with Gasteiger partial charge in [0.15, 0.2) is 0 Å². The van der Waals surface area contributed by atoms with Gasteiger partial charge in [0.1, 0.15) is 5.41 Å². The van der Waals surface area contributed by atoms with Crippen LogP contribution in [0.4, 0.5) is 0 Å². The van der Waals surface area contributed by atoms with Crippen molar-refractivity contribution < 1.29 is 9.53 Å². The molecule has 2 fully saturated rings. The van der Waals surface area contributed by atoms with Crippen LogP contribution in [0.5, 0.6) is 0 Å². The fourth-order valence-electron chi connectivity index (χ4n) is 2.69. The minimum absolute atomic E-state index is 0.0734. The topological polar surface area (TPSA) is 65.4 Å². The highest BCUT2D eigenvalue weighted by molar-refractivity contribution is 5.85. The second kappa shape index (κ2) is 6.17. The molecule has 2 rings (SSSR count). The van der Waals surface area contributed by atoms with Crippen molar-refractivity contribution in [2.24, 2.45) is 5.41 Å². The molecule has 0 unspecified atom stereocenters. The second-order valence-corrected chi connectivity index (χ2v) is 5.11. The molecule has 5 heteroatoms. The minimum Gasteiger partial charge on any atom is -0.379 e. The molecule has 100 valence electrons. The van der Waals surface area contributed by atoms with Crippen molar-refractivity contribution in [1.29, 1.82) is 5.26 Å². The summed E-state index contributed by atoms with van der Waals surface area (Å²) < 4.78 is 5.27. The van der Waals surface area contributed by atoms with E-state index >= 15 is 0 Å². The number of nitrogens with one attached hydrogen (secondary N) is 1. The lowest BCUT2D eigenvalue weighted by Gasteiger charge is -2.27. The van der Waals surface area contributed by atoms with E-state index in [1.807, 2.05) is 0 Å². The number of carbonyl (C=O) groups excluding carboxylic acids is 1. The van der Waals surface area contributed by atoms with Crippen LogP contribution in [0.2, 0.25) is 0 Å². The van der Waals surface area contributed by atoms with Crippen LogP contribution in [0.1, 0.15) is 25.7 Å². The number of nitriles is 1. The van der Waals surface area contributed by atoms with Gasteiger partial charge in [0.05, 0.1) is 19.3 Å². The summed E-state index contributed by atoms with van der Waals surface area (Å²) in [5.41, 5.74) is -0.745. The van der Waals surface area contributed by atoms with E-state index in [9.17, 15) is 10.1 Å². The fraction of sp³-hybridized carbons (Fsp3) is 0.846. The van der Waals surface area contributed by atoms with Gasteiger partial charge in [0.25, 0.3) is 0 Å². The monoisotopic (exact) mass is 251 g/mol. The Hall–Kier alpha value is -1.12. The van der Waals surface area contributed by atoms with Gasteiger partial charge in [-0.1, -0.05) is 12.8 Å². The summed E-state index contributed by atoms with van der Waals surface area (Å²) in [4.78, 5) is 14.3. The molecule has 0 radical (unpaired) electrons. The lowest BCUT2D eigenvalue weighted by molar-refractivity contribution is -0.128. The van der Waals surface area contributed by atoms with E-state index in [0.717, 1.165) is 45.7 Å². The number of carbonyl (C=O) groups is 1. The van der Waals surface area contributed by atoms with Crippen molar-refractivity contribution in [1.82, 2.24) is 10.2 Å². The molecule has 1 N–H and O–H groups in total. The molecule has 18 heavy (non-hydrogen) atoms. The van der Waals surface area contributed by atoms with Gasteiger partial charge in [-0.3, -0.25) is 9.69 Å². The Morgan fingerprint density at radius 3 is 2.61 bits per heavy atom. The first-order chi connectivity index (χ1) is 8.77. The van der Waals surface area contributed by atoms with E-state index in [-0.39, 0.29) is 5.91 Å². The first kappa shape index (κ1) is 13.3. The van der Waals surface area contributed by atoms with Gasteiger partial charge >= 0.3 is 0 Å². The summed E-state index contributed by atoms with van der Waals surface area (Å²) in [7, 11) is 0. The smallest absolute Gasteiger partial charge is 0.240 e. The summed E-state index contributed by atoms with van der Waals surface area (Å²) in [6.45, 7) is 4.88. The average molecular weight is 251 g/mol. The molecule has 0 aromatic rings. The minimum atomic E-state index is -0.745. The third-order valence-electron chi connectivity index (χ3n) is 3.92. The Bertz CT molecular complexity index is 326. The normalized spacial score (nSPS) is 23.5. The maximum absolute atomic E-state index is 12.1. The molecule has 0 bridgehead atoms. The average Bonchev–Trinajstić information content (AvgIpc) is 2.90. The third kappa shape index (κ3) is 3.01. The zero-order valence-corrected chi connectivity index (χ0v) is 10.8. The molecule has 1 saturated carbocycles. The molecule has 2 aliphatic rings. The first-order valence-corrected chi connectivity index (χ1v) is 6.76. The zero-order chi connectivity index (χ0) is 12.8. The molecule has 0 atom stereocenters. The molecule has 1 amide bonds. The van der Waals surface area contributed by atoms with Gasteiger partial charge in [-0.05, 0) is 12.8 Å². The van der Waals surface area contributed by atoms with Gasteiger partial charge in [0.2, 0.25) is 5.91 Å². The maximum atomic E-state index is 12.1. The Labute approximate surface area is 108 Å². The summed E-state index contributed by atoms with van der Waals surface area (Å²) in [6.07, 6.45) is 3.41. The molecule has 0 spiro atoms. The van der Waals surface area contributed by atoms with Crippen LogP contribution < -0.4 is 5.32 Å². The van der Waals surface area contributed by atoms with Gasteiger partial charge < -0.3 is 10.1 Å². The van der Waals surface area contributed by atoms with E-state index in [1.54, 1.807) is 0 Å². The van der Waals surface area contributed by atoms with Crippen LogP contribution in [0.15, 0.2) is 0 Å².